The minimum absolute atomic E-state index is 0.201. The smallest absolute Gasteiger partial charge is 0.322 e. The summed E-state index contributed by atoms with van der Waals surface area (Å²) in [7, 11) is 0. The maximum atomic E-state index is 12.2. The molecule has 2 atom stereocenters. The molecule has 19 heavy (non-hydrogen) atoms. The number of carbonyl (C=O) groups is 2. The van der Waals surface area contributed by atoms with Crippen molar-refractivity contribution in [2.45, 2.75) is 32.3 Å². The quantitative estimate of drug-likeness (QED) is 0.660. The third-order valence-corrected chi connectivity index (χ3v) is 3.68. The van der Waals surface area contributed by atoms with Crippen molar-refractivity contribution in [1.82, 2.24) is 0 Å². The van der Waals surface area contributed by atoms with E-state index in [-0.39, 0.29) is 25.2 Å². The molecule has 0 amide bonds. The second-order valence-electron chi connectivity index (χ2n) is 4.83. The fourth-order valence-electron chi connectivity index (χ4n) is 2.64. The number of benzene rings is 1. The second-order valence-corrected chi connectivity index (χ2v) is 4.83. The first-order valence-electron chi connectivity index (χ1n) is 6.53. The van der Waals surface area contributed by atoms with Gasteiger partial charge in [0.05, 0.1) is 12.7 Å². The molecule has 4 heteroatoms. The standard InChI is InChI=1S/C15H18O4/c1-2-19-14(18)15(12(16)8-9-13(15)17)10-11-6-4-3-5-7-11/h3-7,12,16H,2,8-10H2,1H3. The van der Waals surface area contributed by atoms with Crippen molar-refractivity contribution in [3.63, 3.8) is 0 Å². The van der Waals surface area contributed by atoms with Crippen molar-refractivity contribution >= 4 is 11.8 Å². The van der Waals surface area contributed by atoms with Crippen LogP contribution >= 0.6 is 0 Å². The Hall–Kier alpha value is -1.68. The zero-order chi connectivity index (χ0) is 13.9. The largest absolute Gasteiger partial charge is 0.465 e. The summed E-state index contributed by atoms with van der Waals surface area (Å²) >= 11 is 0. The zero-order valence-corrected chi connectivity index (χ0v) is 11.0. The van der Waals surface area contributed by atoms with Gasteiger partial charge in [0.15, 0.2) is 11.2 Å². The number of ether oxygens (including phenoxy) is 1. The predicted molar refractivity (Wildman–Crippen MR) is 69.5 cm³/mol. The molecule has 1 fully saturated rings. The lowest BCUT2D eigenvalue weighted by Crippen LogP contribution is -2.46. The van der Waals surface area contributed by atoms with Gasteiger partial charge in [-0.1, -0.05) is 30.3 Å². The summed E-state index contributed by atoms with van der Waals surface area (Å²) in [6, 6.07) is 9.26. The van der Waals surface area contributed by atoms with E-state index in [1.807, 2.05) is 30.3 Å². The van der Waals surface area contributed by atoms with E-state index in [0.29, 0.717) is 6.42 Å². The molecule has 102 valence electrons. The molecule has 2 rings (SSSR count). The fourth-order valence-corrected chi connectivity index (χ4v) is 2.64. The lowest BCUT2D eigenvalue weighted by atomic mass is 9.77. The van der Waals surface area contributed by atoms with E-state index in [0.717, 1.165) is 5.56 Å². The summed E-state index contributed by atoms with van der Waals surface area (Å²) in [4.78, 5) is 24.4. The Morgan fingerprint density at radius 2 is 2.11 bits per heavy atom. The Kier molecular flexibility index (Phi) is 4.00. The number of ketones is 1. The van der Waals surface area contributed by atoms with Gasteiger partial charge in [0.2, 0.25) is 0 Å². The van der Waals surface area contributed by atoms with E-state index in [2.05, 4.69) is 0 Å². The van der Waals surface area contributed by atoms with E-state index in [4.69, 9.17) is 4.74 Å². The normalized spacial score (nSPS) is 26.4. The molecule has 1 aromatic carbocycles. The summed E-state index contributed by atoms with van der Waals surface area (Å²) in [5.41, 5.74) is -0.568. The van der Waals surface area contributed by atoms with Gasteiger partial charge in [-0.15, -0.1) is 0 Å². The highest BCUT2D eigenvalue weighted by atomic mass is 16.5. The summed E-state index contributed by atoms with van der Waals surface area (Å²) < 4.78 is 5.02. The van der Waals surface area contributed by atoms with Crippen LogP contribution in [0.3, 0.4) is 0 Å². The van der Waals surface area contributed by atoms with Crippen LogP contribution in [0.1, 0.15) is 25.3 Å². The minimum atomic E-state index is -1.42. The maximum absolute atomic E-state index is 12.2. The number of carbonyl (C=O) groups excluding carboxylic acids is 2. The first-order valence-corrected chi connectivity index (χ1v) is 6.53. The monoisotopic (exact) mass is 262 g/mol. The third kappa shape index (κ3) is 2.40. The molecular formula is C15H18O4. The molecule has 0 bridgehead atoms. The zero-order valence-electron chi connectivity index (χ0n) is 11.0. The molecule has 0 saturated heterocycles. The Morgan fingerprint density at radius 3 is 2.63 bits per heavy atom. The van der Waals surface area contributed by atoms with Crippen LogP contribution < -0.4 is 0 Å². The van der Waals surface area contributed by atoms with E-state index in [9.17, 15) is 14.7 Å². The average Bonchev–Trinajstić information content (AvgIpc) is 2.69. The number of hydrogen-bond acceptors (Lipinski definition) is 4. The van der Waals surface area contributed by atoms with Crippen molar-refractivity contribution in [2.24, 2.45) is 5.41 Å². The molecule has 1 saturated carbocycles. The Morgan fingerprint density at radius 1 is 1.42 bits per heavy atom. The number of aliphatic hydroxyl groups is 1. The van der Waals surface area contributed by atoms with Gasteiger partial charge < -0.3 is 9.84 Å². The topological polar surface area (TPSA) is 63.6 Å². The number of Topliss-reactive ketones (excluding diaryl/α,β-unsaturated/α-hetero) is 1. The predicted octanol–water partition coefficient (Wildman–Crippen LogP) is 1.50. The lowest BCUT2D eigenvalue weighted by Gasteiger charge is -2.28. The maximum Gasteiger partial charge on any atom is 0.322 e. The van der Waals surface area contributed by atoms with Crippen molar-refractivity contribution in [2.75, 3.05) is 6.61 Å². The summed E-state index contributed by atoms with van der Waals surface area (Å²) in [6.07, 6.45) is -0.205. The molecule has 0 aliphatic heterocycles. The van der Waals surface area contributed by atoms with Crippen LogP contribution in [0.25, 0.3) is 0 Å². The summed E-state index contributed by atoms with van der Waals surface area (Å²) in [5.74, 6) is -0.823. The van der Waals surface area contributed by atoms with E-state index < -0.39 is 17.5 Å². The SMILES string of the molecule is CCOC(=O)C1(Cc2ccccc2)C(=O)CCC1O. The van der Waals surface area contributed by atoms with Crippen molar-refractivity contribution in [1.29, 1.82) is 0 Å². The van der Waals surface area contributed by atoms with Crippen LogP contribution in [0.4, 0.5) is 0 Å². The van der Waals surface area contributed by atoms with E-state index >= 15 is 0 Å². The Balaban J connectivity index is 2.35. The molecule has 0 heterocycles. The van der Waals surface area contributed by atoms with Crippen molar-refractivity contribution in [3.05, 3.63) is 35.9 Å². The van der Waals surface area contributed by atoms with Crippen LogP contribution in [-0.4, -0.2) is 29.6 Å². The molecule has 4 nitrogen and oxygen atoms in total. The molecule has 1 N–H and O–H groups in total. The summed E-state index contributed by atoms with van der Waals surface area (Å²) in [5, 5.41) is 10.1. The molecule has 0 aromatic heterocycles. The van der Waals surface area contributed by atoms with Gasteiger partial charge in [0.1, 0.15) is 0 Å². The molecule has 1 aliphatic carbocycles. The van der Waals surface area contributed by atoms with Gasteiger partial charge in [0, 0.05) is 6.42 Å². The second kappa shape index (κ2) is 5.53. The highest BCUT2D eigenvalue weighted by Gasteiger charge is 2.56. The number of aliphatic hydroxyl groups excluding tert-OH is 1. The van der Waals surface area contributed by atoms with Gasteiger partial charge in [-0.25, -0.2) is 0 Å². The first kappa shape index (κ1) is 13.7. The van der Waals surface area contributed by atoms with Crippen LogP contribution in [0, 0.1) is 5.41 Å². The molecule has 1 aliphatic rings. The highest BCUT2D eigenvalue weighted by Crippen LogP contribution is 2.39. The minimum Gasteiger partial charge on any atom is -0.465 e. The van der Waals surface area contributed by atoms with Crippen LogP contribution in [0.2, 0.25) is 0 Å². The summed E-state index contributed by atoms with van der Waals surface area (Å²) in [6.45, 7) is 1.90. The van der Waals surface area contributed by atoms with Gasteiger partial charge >= 0.3 is 5.97 Å². The average molecular weight is 262 g/mol. The molecule has 0 radical (unpaired) electrons. The Bertz CT molecular complexity index is 468. The van der Waals surface area contributed by atoms with Gasteiger partial charge in [-0.2, -0.15) is 0 Å². The fraction of sp³-hybridized carbons (Fsp3) is 0.467. The molecule has 1 aromatic rings. The third-order valence-electron chi connectivity index (χ3n) is 3.68. The van der Waals surface area contributed by atoms with Crippen LogP contribution in [-0.2, 0) is 20.7 Å². The van der Waals surface area contributed by atoms with Gasteiger partial charge in [-0.05, 0) is 25.3 Å². The number of rotatable bonds is 4. The van der Waals surface area contributed by atoms with E-state index in [1.165, 1.54) is 0 Å². The highest BCUT2D eigenvalue weighted by molar-refractivity contribution is 6.06. The number of esters is 1. The molecule has 0 spiro atoms. The van der Waals surface area contributed by atoms with Crippen LogP contribution in [0.5, 0.6) is 0 Å². The van der Waals surface area contributed by atoms with Crippen LogP contribution in [0.15, 0.2) is 30.3 Å². The van der Waals surface area contributed by atoms with Crippen molar-refractivity contribution in [3.8, 4) is 0 Å². The number of hydrogen-bond donors (Lipinski definition) is 1. The lowest BCUT2D eigenvalue weighted by molar-refractivity contribution is -0.164. The molecule has 2 unspecified atom stereocenters. The van der Waals surface area contributed by atoms with E-state index in [1.54, 1.807) is 6.92 Å². The van der Waals surface area contributed by atoms with Crippen molar-refractivity contribution < 1.29 is 19.4 Å². The van der Waals surface area contributed by atoms with Gasteiger partial charge in [-0.3, -0.25) is 9.59 Å². The first-order chi connectivity index (χ1) is 9.11. The Labute approximate surface area is 112 Å². The molecular weight excluding hydrogens is 244 g/mol. The van der Waals surface area contributed by atoms with Gasteiger partial charge in [0.25, 0.3) is 0 Å².